The second-order valence-electron chi connectivity index (χ2n) is 4.44. The Kier molecular flexibility index (Phi) is 3.78. The number of piperazine rings is 1. The van der Waals surface area contributed by atoms with Crippen LogP contribution in [0.15, 0.2) is 0 Å². The second kappa shape index (κ2) is 5.12. The monoisotopic (exact) mass is 228 g/mol. The molecule has 2 rings (SSSR count). The van der Waals surface area contributed by atoms with E-state index in [-0.39, 0.29) is 6.29 Å². The van der Waals surface area contributed by atoms with Crippen molar-refractivity contribution in [2.75, 3.05) is 40.4 Å². The molecule has 5 heteroatoms. The lowest BCUT2D eigenvalue weighted by atomic mass is 10.1. The summed E-state index contributed by atoms with van der Waals surface area (Å²) in [5.74, 6) is 0.319. The number of ether oxygens (including phenoxy) is 2. The molecule has 1 unspecified atom stereocenters. The zero-order valence-electron chi connectivity index (χ0n) is 10.0. The van der Waals surface area contributed by atoms with Gasteiger partial charge in [-0.1, -0.05) is 0 Å². The molecule has 1 amide bonds. The van der Waals surface area contributed by atoms with Crippen molar-refractivity contribution >= 4 is 5.91 Å². The van der Waals surface area contributed by atoms with Crippen LogP contribution in [0.3, 0.4) is 0 Å². The van der Waals surface area contributed by atoms with Crippen molar-refractivity contribution in [3.05, 3.63) is 0 Å². The van der Waals surface area contributed by atoms with Crippen LogP contribution in [-0.2, 0) is 14.3 Å². The average molecular weight is 228 g/mol. The first kappa shape index (κ1) is 11.8. The van der Waals surface area contributed by atoms with Gasteiger partial charge in [-0.05, 0) is 6.42 Å². The lowest BCUT2D eigenvalue weighted by Crippen LogP contribution is -2.53. The minimum Gasteiger partial charge on any atom is -0.355 e. The van der Waals surface area contributed by atoms with E-state index >= 15 is 0 Å². The summed E-state index contributed by atoms with van der Waals surface area (Å²) >= 11 is 0. The summed E-state index contributed by atoms with van der Waals surface area (Å²) in [5.41, 5.74) is 0. The fraction of sp³-hybridized carbons (Fsp3) is 0.909. The van der Waals surface area contributed by atoms with Crippen LogP contribution in [0.4, 0.5) is 0 Å². The van der Waals surface area contributed by atoms with Gasteiger partial charge in [-0.15, -0.1) is 0 Å². The maximum absolute atomic E-state index is 11.5. The highest BCUT2D eigenvalue weighted by Crippen LogP contribution is 2.22. The van der Waals surface area contributed by atoms with Crippen LogP contribution in [0, 0.1) is 0 Å². The lowest BCUT2D eigenvalue weighted by molar-refractivity contribution is -0.134. The van der Waals surface area contributed by atoms with E-state index in [1.807, 2.05) is 4.90 Å². The molecule has 0 aromatic rings. The van der Waals surface area contributed by atoms with Crippen molar-refractivity contribution in [2.24, 2.45) is 0 Å². The summed E-state index contributed by atoms with van der Waals surface area (Å²) in [6, 6.07) is 0.413. The number of methoxy groups -OCH3 is 2. The molecular formula is C11H20N2O3. The van der Waals surface area contributed by atoms with Crippen molar-refractivity contribution in [3.63, 3.8) is 0 Å². The van der Waals surface area contributed by atoms with Crippen LogP contribution < -0.4 is 0 Å². The van der Waals surface area contributed by atoms with Gasteiger partial charge >= 0.3 is 0 Å². The van der Waals surface area contributed by atoms with Gasteiger partial charge in [-0.25, -0.2) is 0 Å². The number of hydrogen-bond donors (Lipinski definition) is 0. The molecule has 2 heterocycles. The van der Waals surface area contributed by atoms with Crippen LogP contribution in [0.25, 0.3) is 0 Å². The zero-order chi connectivity index (χ0) is 11.5. The Bertz CT molecular complexity index is 256. The summed E-state index contributed by atoms with van der Waals surface area (Å²) in [6.45, 7) is 3.51. The maximum Gasteiger partial charge on any atom is 0.222 e. The molecule has 0 N–H and O–H groups in total. The van der Waals surface area contributed by atoms with Gasteiger partial charge in [0.15, 0.2) is 6.29 Å². The molecule has 16 heavy (non-hydrogen) atoms. The third-order valence-corrected chi connectivity index (χ3v) is 3.51. The summed E-state index contributed by atoms with van der Waals surface area (Å²) in [4.78, 5) is 15.8. The molecule has 0 saturated carbocycles. The third kappa shape index (κ3) is 2.36. The van der Waals surface area contributed by atoms with Gasteiger partial charge in [0.25, 0.3) is 0 Å². The zero-order valence-corrected chi connectivity index (χ0v) is 10.0. The fourth-order valence-corrected chi connectivity index (χ4v) is 2.55. The maximum atomic E-state index is 11.5. The Morgan fingerprint density at radius 2 is 2.12 bits per heavy atom. The molecule has 5 nitrogen and oxygen atoms in total. The summed E-state index contributed by atoms with van der Waals surface area (Å²) in [6.07, 6.45) is 1.56. The Morgan fingerprint density at radius 3 is 2.81 bits per heavy atom. The molecule has 2 aliphatic rings. The lowest BCUT2D eigenvalue weighted by Gasteiger charge is -2.38. The molecule has 0 aliphatic carbocycles. The highest BCUT2D eigenvalue weighted by molar-refractivity contribution is 5.78. The first-order valence-electron chi connectivity index (χ1n) is 5.82. The SMILES string of the molecule is COC(CN1CCN2C(=O)CCC2C1)OC. The summed E-state index contributed by atoms with van der Waals surface area (Å²) in [7, 11) is 3.31. The number of amides is 1. The van der Waals surface area contributed by atoms with Crippen LogP contribution in [0.2, 0.25) is 0 Å². The number of rotatable bonds is 4. The van der Waals surface area contributed by atoms with E-state index in [1.54, 1.807) is 14.2 Å². The van der Waals surface area contributed by atoms with E-state index in [1.165, 1.54) is 0 Å². The Hall–Kier alpha value is -0.650. The minimum absolute atomic E-state index is 0.163. The van der Waals surface area contributed by atoms with Crippen LogP contribution in [-0.4, -0.2) is 68.4 Å². The van der Waals surface area contributed by atoms with Gasteiger partial charge in [0, 0.05) is 52.9 Å². The predicted molar refractivity (Wildman–Crippen MR) is 59.0 cm³/mol. The molecule has 0 radical (unpaired) electrons. The molecule has 2 aliphatic heterocycles. The van der Waals surface area contributed by atoms with Gasteiger partial charge in [-0.2, -0.15) is 0 Å². The van der Waals surface area contributed by atoms with E-state index in [2.05, 4.69) is 4.90 Å². The summed E-state index contributed by atoms with van der Waals surface area (Å²) < 4.78 is 10.4. The smallest absolute Gasteiger partial charge is 0.222 e. The van der Waals surface area contributed by atoms with E-state index in [4.69, 9.17) is 9.47 Å². The molecule has 1 atom stereocenters. The van der Waals surface area contributed by atoms with Gasteiger partial charge in [0.05, 0.1) is 0 Å². The molecule has 2 saturated heterocycles. The molecule has 0 spiro atoms. The molecule has 0 bridgehead atoms. The Balaban J connectivity index is 1.84. The van der Waals surface area contributed by atoms with Gasteiger partial charge in [0.2, 0.25) is 5.91 Å². The fourth-order valence-electron chi connectivity index (χ4n) is 2.55. The standard InChI is InChI=1S/C11H20N2O3/c1-15-11(16-2)8-12-5-6-13-9(7-12)3-4-10(13)14/h9,11H,3-8H2,1-2H3. The normalized spacial score (nSPS) is 26.6. The third-order valence-electron chi connectivity index (χ3n) is 3.51. The highest BCUT2D eigenvalue weighted by Gasteiger charge is 2.35. The number of fused-ring (bicyclic) bond motifs is 1. The van der Waals surface area contributed by atoms with Gasteiger partial charge in [0.1, 0.15) is 0 Å². The first-order valence-corrected chi connectivity index (χ1v) is 5.82. The number of carbonyl (C=O) groups excluding carboxylic acids is 1. The van der Waals surface area contributed by atoms with E-state index in [0.717, 1.165) is 39.0 Å². The highest BCUT2D eigenvalue weighted by atomic mass is 16.7. The van der Waals surface area contributed by atoms with Crippen molar-refractivity contribution in [2.45, 2.75) is 25.2 Å². The van der Waals surface area contributed by atoms with Gasteiger partial charge < -0.3 is 14.4 Å². The quantitative estimate of drug-likeness (QED) is 0.631. The molecule has 92 valence electrons. The van der Waals surface area contributed by atoms with Crippen molar-refractivity contribution in [1.82, 2.24) is 9.80 Å². The molecule has 0 aromatic carbocycles. The number of nitrogens with zero attached hydrogens (tertiary/aromatic N) is 2. The van der Waals surface area contributed by atoms with Crippen LogP contribution in [0.5, 0.6) is 0 Å². The van der Waals surface area contributed by atoms with Crippen LogP contribution in [0.1, 0.15) is 12.8 Å². The van der Waals surface area contributed by atoms with Crippen LogP contribution >= 0.6 is 0 Å². The molecule has 2 fully saturated rings. The Morgan fingerprint density at radius 1 is 1.38 bits per heavy atom. The number of hydrogen-bond acceptors (Lipinski definition) is 4. The molecular weight excluding hydrogens is 208 g/mol. The topological polar surface area (TPSA) is 42.0 Å². The molecule has 0 aromatic heterocycles. The van der Waals surface area contributed by atoms with Crippen molar-refractivity contribution in [1.29, 1.82) is 0 Å². The Labute approximate surface area is 96.3 Å². The van der Waals surface area contributed by atoms with E-state index in [0.29, 0.717) is 11.9 Å². The largest absolute Gasteiger partial charge is 0.355 e. The van der Waals surface area contributed by atoms with E-state index in [9.17, 15) is 4.79 Å². The number of carbonyl (C=O) groups is 1. The first-order chi connectivity index (χ1) is 7.74. The second-order valence-corrected chi connectivity index (χ2v) is 4.44. The summed E-state index contributed by atoms with van der Waals surface area (Å²) in [5, 5.41) is 0. The van der Waals surface area contributed by atoms with Gasteiger partial charge in [-0.3, -0.25) is 9.69 Å². The average Bonchev–Trinajstić information content (AvgIpc) is 2.68. The van der Waals surface area contributed by atoms with Crippen molar-refractivity contribution in [3.8, 4) is 0 Å². The predicted octanol–water partition coefficient (Wildman–Crippen LogP) is -0.0881. The van der Waals surface area contributed by atoms with E-state index < -0.39 is 0 Å². The van der Waals surface area contributed by atoms with Crippen molar-refractivity contribution < 1.29 is 14.3 Å². The minimum atomic E-state index is -0.163.